The molecular weight excluding hydrogens is 272 g/mol. The fourth-order valence-electron chi connectivity index (χ4n) is 1.51. The number of nitro groups is 1. The lowest BCUT2D eigenvalue weighted by Crippen LogP contribution is -2.16. The molecule has 1 aromatic carbocycles. The summed E-state index contributed by atoms with van der Waals surface area (Å²) in [5.41, 5.74) is 0.356. The highest BCUT2D eigenvalue weighted by atomic mass is 35.5. The van der Waals surface area contributed by atoms with Crippen LogP contribution in [0.25, 0.3) is 0 Å². The molecule has 98 valence electrons. The van der Waals surface area contributed by atoms with E-state index in [-0.39, 0.29) is 16.4 Å². The third-order valence-corrected chi connectivity index (χ3v) is 2.79. The van der Waals surface area contributed by atoms with Crippen molar-refractivity contribution >= 4 is 28.9 Å². The van der Waals surface area contributed by atoms with Crippen molar-refractivity contribution in [1.29, 1.82) is 0 Å². The summed E-state index contributed by atoms with van der Waals surface area (Å²) in [6.45, 7) is 0. The lowest BCUT2D eigenvalue weighted by Gasteiger charge is -2.07. The SMILES string of the molecule is Cn1nccc1C(=O)Nc1cc([N+](=O)[O-])ccc1Cl. The molecule has 0 spiro atoms. The molecule has 2 aromatic rings. The molecule has 8 heteroatoms. The molecule has 1 N–H and O–H groups in total. The van der Waals surface area contributed by atoms with Gasteiger partial charge in [0.25, 0.3) is 11.6 Å². The van der Waals surface area contributed by atoms with Gasteiger partial charge >= 0.3 is 0 Å². The van der Waals surface area contributed by atoms with Crippen LogP contribution in [-0.4, -0.2) is 20.6 Å². The van der Waals surface area contributed by atoms with Crippen LogP contribution in [0.15, 0.2) is 30.5 Å². The van der Waals surface area contributed by atoms with E-state index < -0.39 is 10.8 Å². The molecule has 1 amide bonds. The first-order chi connectivity index (χ1) is 8.99. The van der Waals surface area contributed by atoms with Crippen molar-refractivity contribution in [2.45, 2.75) is 0 Å². The first kappa shape index (κ1) is 13.0. The van der Waals surface area contributed by atoms with Crippen molar-refractivity contribution < 1.29 is 9.72 Å². The molecule has 0 fully saturated rings. The number of nitro benzene ring substituents is 1. The number of benzene rings is 1. The van der Waals surface area contributed by atoms with Gasteiger partial charge in [0.15, 0.2) is 0 Å². The Balaban J connectivity index is 2.28. The van der Waals surface area contributed by atoms with Crippen LogP contribution in [0.5, 0.6) is 0 Å². The number of carbonyl (C=O) groups excluding carboxylic acids is 1. The minimum atomic E-state index is -0.559. The Morgan fingerprint density at radius 1 is 1.47 bits per heavy atom. The fourth-order valence-corrected chi connectivity index (χ4v) is 1.67. The summed E-state index contributed by atoms with van der Waals surface area (Å²) in [6, 6.07) is 5.36. The summed E-state index contributed by atoms with van der Waals surface area (Å²) in [5, 5.41) is 17.3. The van der Waals surface area contributed by atoms with E-state index in [4.69, 9.17) is 11.6 Å². The highest BCUT2D eigenvalue weighted by molar-refractivity contribution is 6.34. The zero-order chi connectivity index (χ0) is 14.0. The molecule has 19 heavy (non-hydrogen) atoms. The van der Waals surface area contributed by atoms with Gasteiger partial charge in [-0.15, -0.1) is 0 Å². The third-order valence-electron chi connectivity index (χ3n) is 2.46. The van der Waals surface area contributed by atoms with E-state index in [2.05, 4.69) is 10.4 Å². The summed E-state index contributed by atoms with van der Waals surface area (Å²) in [7, 11) is 1.62. The van der Waals surface area contributed by atoms with Crippen LogP contribution in [0, 0.1) is 10.1 Å². The fraction of sp³-hybridized carbons (Fsp3) is 0.0909. The van der Waals surface area contributed by atoms with Gasteiger partial charge in [-0.05, 0) is 12.1 Å². The zero-order valence-electron chi connectivity index (χ0n) is 9.83. The van der Waals surface area contributed by atoms with Crippen molar-refractivity contribution in [3.8, 4) is 0 Å². The molecule has 0 saturated heterocycles. The number of rotatable bonds is 3. The molecule has 0 atom stereocenters. The number of halogens is 1. The van der Waals surface area contributed by atoms with Crippen molar-refractivity contribution in [1.82, 2.24) is 9.78 Å². The van der Waals surface area contributed by atoms with Gasteiger partial charge in [-0.25, -0.2) is 0 Å². The number of anilines is 1. The average molecular weight is 281 g/mol. The third kappa shape index (κ3) is 2.71. The topological polar surface area (TPSA) is 90.1 Å². The largest absolute Gasteiger partial charge is 0.319 e. The molecule has 0 radical (unpaired) electrons. The molecule has 0 aliphatic heterocycles. The van der Waals surface area contributed by atoms with Crippen molar-refractivity contribution in [3.05, 3.63) is 51.3 Å². The molecule has 0 unspecified atom stereocenters. The molecule has 1 heterocycles. The highest BCUT2D eigenvalue weighted by Gasteiger charge is 2.15. The number of carbonyl (C=O) groups is 1. The van der Waals surface area contributed by atoms with Crippen LogP contribution in [-0.2, 0) is 7.05 Å². The minimum Gasteiger partial charge on any atom is -0.319 e. The molecule has 2 rings (SSSR count). The number of hydrogen-bond acceptors (Lipinski definition) is 4. The molecule has 0 saturated carbocycles. The number of aromatic nitrogens is 2. The Morgan fingerprint density at radius 3 is 2.79 bits per heavy atom. The summed E-state index contributed by atoms with van der Waals surface area (Å²) < 4.78 is 1.39. The number of nitrogens with zero attached hydrogens (tertiary/aromatic N) is 3. The number of aryl methyl sites for hydroxylation is 1. The van der Waals surface area contributed by atoms with Crippen LogP contribution >= 0.6 is 11.6 Å². The van der Waals surface area contributed by atoms with Gasteiger partial charge in [0.05, 0.1) is 15.6 Å². The summed E-state index contributed by atoms with van der Waals surface area (Å²) in [4.78, 5) is 22.0. The second-order valence-corrected chi connectivity index (χ2v) is 4.12. The van der Waals surface area contributed by atoms with Gasteiger partial charge in [0.1, 0.15) is 5.69 Å². The predicted molar refractivity (Wildman–Crippen MR) is 69.3 cm³/mol. The van der Waals surface area contributed by atoms with E-state index in [9.17, 15) is 14.9 Å². The number of amides is 1. The summed E-state index contributed by atoms with van der Waals surface area (Å²) >= 11 is 5.89. The Hall–Kier alpha value is -2.41. The number of hydrogen-bond donors (Lipinski definition) is 1. The molecule has 0 bridgehead atoms. The second-order valence-electron chi connectivity index (χ2n) is 3.72. The maximum atomic E-state index is 11.9. The normalized spacial score (nSPS) is 10.2. The number of non-ortho nitro benzene ring substituents is 1. The van der Waals surface area contributed by atoms with Gasteiger partial charge in [-0.1, -0.05) is 11.6 Å². The maximum Gasteiger partial charge on any atom is 0.273 e. The minimum absolute atomic E-state index is 0.148. The lowest BCUT2D eigenvalue weighted by atomic mass is 10.2. The predicted octanol–water partition coefficient (Wildman–Crippen LogP) is 2.23. The van der Waals surface area contributed by atoms with E-state index in [0.717, 1.165) is 0 Å². The molecule has 0 aliphatic rings. The summed E-state index contributed by atoms with van der Waals surface area (Å²) in [6.07, 6.45) is 1.48. The average Bonchev–Trinajstić information content (AvgIpc) is 2.78. The van der Waals surface area contributed by atoms with Gasteiger partial charge < -0.3 is 5.32 Å². The smallest absolute Gasteiger partial charge is 0.273 e. The van der Waals surface area contributed by atoms with Crippen molar-refractivity contribution in [2.24, 2.45) is 7.05 Å². The van der Waals surface area contributed by atoms with E-state index in [1.165, 1.54) is 35.1 Å². The highest BCUT2D eigenvalue weighted by Crippen LogP contribution is 2.27. The van der Waals surface area contributed by atoms with Crippen LogP contribution in [0.3, 0.4) is 0 Å². The van der Waals surface area contributed by atoms with E-state index >= 15 is 0 Å². The second kappa shape index (κ2) is 5.07. The van der Waals surface area contributed by atoms with E-state index in [1.807, 2.05) is 0 Å². The van der Waals surface area contributed by atoms with Crippen LogP contribution in [0.1, 0.15) is 10.5 Å². The maximum absolute atomic E-state index is 11.9. The van der Waals surface area contributed by atoms with Crippen LogP contribution in [0.4, 0.5) is 11.4 Å². The lowest BCUT2D eigenvalue weighted by molar-refractivity contribution is -0.384. The molecule has 7 nitrogen and oxygen atoms in total. The van der Waals surface area contributed by atoms with E-state index in [1.54, 1.807) is 7.05 Å². The Bertz CT molecular complexity index is 653. The molecular formula is C11H9ClN4O3. The van der Waals surface area contributed by atoms with Crippen molar-refractivity contribution in [3.63, 3.8) is 0 Å². The first-order valence-corrected chi connectivity index (χ1v) is 5.60. The zero-order valence-corrected chi connectivity index (χ0v) is 10.6. The summed E-state index contributed by atoms with van der Waals surface area (Å²) in [5.74, 6) is -0.442. The Morgan fingerprint density at radius 2 is 2.21 bits per heavy atom. The monoisotopic (exact) mass is 280 g/mol. The van der Waals surface area contributed by atoms with Gasteiger partial charge in [-0.2, -0.15) is 5.10 Å². The molecule has 0 aliphatic carbocycles. The molecule has 1 aromatic heterocycles. The van der Waals surface area contributed by atoms with Crippen molar-refractivity contribution in [2.75, 3.05) is 5.32 Å². The standard InChI is InChI=1S/C11H9ClN4O3/c1-15-10(4-5-13-15)11(17)14-9-6-7(16(18)19)2-3-8(9)12/h2-6H,1H3,(H,14,17). The van der Waals surface area contributed by atoms with E-state index in [0.29, 0.717) is 5.69 Å². The first-order valence-electron chi connectivity index (χ1n) is 5.22. The van der Waals surface area contributed by atoms with Gasteiger partial charge in [-0.3, -0.25) is 19.6 Å². The Kier molecular flexibility index (Phi) is 3.48. The number of nitrogens with one attached hydrogen (secondary N) is 1. The van der Waals surface area contributed by atoms with Crippen LogP contribution in [0.2, 0.25) is 5.02 Å². The quantitative estimate of drug-likeness (QED) is 0.689. The van der Waals surface area contributed by atoms with Gasteiger partial charge in [0, 0.05) is 25.4 Å². The Labute approximate surface area is 112 Å². The van der Waals surface area contributed by atoms with Gasteiger partial charge in [0.2, 0.25) is 0 Å². The van der Waals surface area contributed by atoms with Crippen LogP contribution < -0.4 is 5.32 Å².